The van der Waals surface area contributed by atoms with Crippen molar-refractivity contribution in [2.45, 2.75) is 5.25 Å². The molecule has 2 atom stereocenters. The van der Waals surface area contributed by atoms with Crippen LogP contribution in [-0.2, 0) is 4.79 Å². The Morgan fingerprint density at radius 1 is 1.37 bits per heavy atom. The number of amides is 2. The molecule has 1 fully saturated rings. The van der Waals surface area contributed by atoms with Crippen LogP contribution in [0.5, 0.6) is 11.5 Å². The molecule has 2 unspecified atom stereocenters. The Morgan fingerprint density at radius 3 is 2.47 bits per heavy atom. The monoisotopic (exact) mass is 284 g/mol. The number of nitrogens with zero attached hydrogens (tertiary/aromatic N) is 1. The van der Waals surface area contributed by atoms with Crippen LogP contribution in [-0.4, -0.2) is 32.2 Å². The van der Waals surface area contributed by atoms with E-state index < -0.39 is 49.0 Å². The van der Waals surface area contributed by atoms with E-state index in [-0.39, 0.29) is 5.56 Å². The van der Waals surface area contributed by atoms with Crippen molar-refractivity contribution in [2.75, 3.05) is 0 Å². The fraction of sp³-hybridized carbons (Fsp3) is 0.100. The number of aromatic hydroxyl groups is 2. The van der Waals surface area contributed by atoms with Crippen LogP contribution < -0.4 is 5.32 Å². The van der Waals surface area contributed by atoms with Gasteiger partial charge in [-0.2, -0.15) is 0 Å². The van der Waals surface area contributed by atoms with Gasteiger partial charge >= 0.3 is 5.69 Å². The molecule has 0 radical (unpaired) electrons. The number of hydrogen-bond acceptors (Lipinski definition) is 6. The Balaban J connectivity index is 2.58. The van der Waals surface area contributed by atoms with Gasteiger partial charge in [0.2, 0.25) is 11.7 Å². The molecule has 0 aromatic heterocycles. The minimum Gasteiger partial charge on any atom is -0.504 e. The number of rotatable bonds is 2. The average Bonchev–Trinajstić information content (AvgIpc) is 2.56. The first-order chi connectivity index (χ1) is 8.82. The van der Waals surface area contributed by atoms with Crippen LogP contribution in [0.2, 0.25) is 0 Å². The van der Waals surface area contributed by atoms with Gasteiger partial charge in [-0.05, 0) is 11.6 Å². The maximum Gasteiger partial charge on any atom is 0.314 e. The highest BCUT2D eigenvalue weighted by Gasteiger charge is 2.37. The fourth-order valence-electron chi connectivity index (χ4n) is 1.70. The highest BCUT2D eigenvalue weighted by Crippen LogP contribution is 2.44. The van der Waals surface area contributed by atoms with Crippen molar-refractivity contribution in [1.82, 2.24) is 5.32 Å². The molecule has 3 N–H and O–H groups in total. The summed E-state index contributed by atoms with van der Waals surface area (Å²) >= 11 is 0. The number of nitro groups is 1. The number of nitrogens with one attached hydrogen (secondary N) is 1. The summed E-state index contributed by atoms with van der Waals surface area (Å²) in [6.07, 6.45) is 0. The molecule has 1 aliphatic rings. The van der Waals surface area contributed by atoms with Crippen molar-refractivity contribution in [1.29, 1.82) is 0 Å². The molecular weight excluding hydrogens is 276 g/mol. The van der Waals surface area contributed by atoms with Crippen molar-refractivity contribution in [3.63, 3.8) is 0 Å². The molecule has 2 amide bonds. The van der Waals surface area contributed by atoms with Crippen molar-refractivity contribution in [2.24, 2.45) is 0 Å². The van der Waals surface area contributed by atoms with E-state index in [0.29, 0.717) is 0 Å². The lowest BCUT2D eigenvalue weighted by Crippen LogP contribution is -2.20. The van der Waals surface area contributed by atoms with Crippen LogP contribution in [0.25, 0.3) is 0 Å². The summed E-state index contributed by atoms with van der Waals surface area (Å²) in [6, 6.07) is 1.96. The van der Waals surface area contributed by atoms with Crippen molar-refractivity contribution >= 4 is 33.2 Å². The Bertz CT molecular complexity index is 641. The summed E-state index contributed by atoms with van der Waals surface area (Å²) in [6.45, 7) is 0. The van der Waals surface area contributed by atoms with Gasteiger partial charge < -0.3 is 10.2 Å². The molecule has 1 saturated heterocycles. The van der Waals surface area contributed by atoms with E-state index in [2.05, 4.69) is 11.2 Å². The lowest BCUT2D eigenvalue weighted by atomic mass is 10.1. The van der Waals surface area contributed by atoms with Crippen molar-refractivity contribution in [3.8, 4) is 11.5 Å². The van der Waals surface area contributed by atoms with Crippen LogP contribution in [0.4, 0.5) is 10.5 Å². The van der Waals surface area contributed by atoms with Gasteiger partial charge in [0.1, 0.15) is 5.25 Å². The zero-order valence-corrected chi connectivity index (χ0v) is 10.1. The zero-order chi connectivity index (χ0) is 14.3. The molecule has 19 heavy (non-hydrogen) atoms. The molecule has 100 valence electrons. The van der Waals surface area contributed by atoms with Crippen LogP contribution >= 0.6 is 10.5 Å². The van der Waals surface area contributed by atoms with E-state index in [1.807, 2.05) is 0 Å². The van der Waals surface area contributed by atoms with Crippen molar-refractivity contribution in [3.05, 3.63) is 27.8 Å². The Labute approximate surface area is 108 Å². The number of hydrogen-bond donors (Lipinski definition) is 3. The van der Waals surface area contributed by atoms with Gasteiger partial charge in [0.25, 0.3) is 5.24 Å². The van der Waals surface area contributed by atoms with Crippen LogP contribution in [0.15, 0.2) is 12.1 Å². The number of benzene rings is 1. The summed E-state index contributed by atoms with van der Waals surface area (Å²) in [7, 11) is -1.24. The normalized spacial score (nSPS) is 22.3. The number of carbonyl (C=O) groups excluding carboxylic acids is 2. The molecule has 0 spiro atoms. The van der Waals surface area contributed by atoms with E-state index in [4.69, 9.17) is 0 Å². The van der Waals surface area contributed by atoms with Crippen molar-refractivity contribution < 1.29 is 24.7 Å². The van der Waals surface area contributed by atoms with Gasteiger partial charge in [0.05, 0.1) is 4.92 Å². The van der Waals surface area contributed by atoms with E-state index in [1.165, 1.54) is 0 Å². The van der Waals surface area contributed by atoms with Gasteiger partial charge in [-0.3, -0.25) is 25.0 Å². The first-order valence-corrected chi connectivity index (χ1v) is 6.36. The summed E-state index contributed by atoms with van der Waals surface area (Å²) in [5.41, 5.74) is -0.678. The second kappa shape index (κ2) is 4.35. The van der Waals surface area contributed by atoms with Gasteiger partial charge in [0, 0.05) is 6.07 Å². The second-order valence-electron chi connectivity index (χ2n) is 3.75. The summed E-state index contributed by atoms with van der Waals surface area (Å²) in [4.78, 5) is 32.7. The molecule has 0 saturated carbocycles. The maximum atomic E-state index is 11.6. The highest BCUT2D eigenvalue weighted by atomic mass is 32.2. The second-order valence-corrected chi connectivity index (χ2v) is 5.45. The Hall–Kier alpha value is -2.42. The number of carbonyl (C=O) groups is 2. The predicted molar refractivity (Wildman–Crippen MR) is 67.4 cm³/mol. The molecule has 0 bridgehead atoms. The summed E-state index contributed by atoms with van der Waals surface area (Å²) in [5.74, 6) is 1.28. The summed E-state index contributed by atoms with van der Waals surface area (Å²) < 4.78 is 0. The van der Waals surface area contributed by atoms with Gasteiger partial charge in [-0.15, -0.1) is 0 Å². The minimum absolute atomic E-state index is 0.0590. The fourth-order valence-corrected chi connectivity index (χ4v) is 2.93. The number of phenols is 2. The largest absolute Gasteiger partial charge is 0.504 e. The molecule has 1 aromatic rings. The SMILES string of the molecule is C=S1C(=O)NC(=O)C1c1cc(O)c(O)c([N+](=O)[O-])c1. The van der Waals surface area contributed by atoms with E-state index in [9.17, 15) is 29.9 Å². The lowest BCUT2D eigenvalue weighted by molar-refractivity contribution is -0.386. The maximum absolute atomic E-state index is 11.6. The third-order valence-corrected chi connectivity index (χ3v) is 4.21. The van der Waals surface area contributed by atoms with E-state index in [1.54, 1.807) is 0 Å². The predicted octanol–water partition coefficient (Wildman–Crippen LogP) is 0.998. The molecule has 8 nitrogen and oxygen atoms in total. The third-order valence-electron chi connectivity index (χ3n) is 2.58. The molecule has 1 heterocycles. The van der Waals surface area contributed by atoms with Gasteiger partial charge in [0.15, 0.2) is 5.75 Å². The molecular formula is C10H8N2O6S. The third kappa shape index (κ3) is 2.03. The number of imide groups is 1. The number of nitro benzene ring substituents is 1. The van der Waals surface area contributed by atoms with Crippen LogP contribution in [0.1, 0.15) is 10.8 Å². The molecule has 0 aliphatic carbocycles. The lowest BCUT2D eigenvalue weighted by Gasteiger charge is -2.09. The topological polar surface area (TPSA) is 130 Å². The first-order valence-electron chi connectivity index (χ1n) is 4.90. The van der Waals surface area contributed by atoms with E-state index >= 15 is 0 Å². The highest BCUT2D eigenvalue weighted by molar-refractivity contribution is 8.28. The van der Waals surface area contributed by atoms with Gasteiger partial charge in [-0.25, -0.2) is 0 Å². The quantitative estimate of drug-likeness (QED) is 0.321. The Morgan fingerprint density at radius 2 is 2.00 bits per heavy atom. The van der Waals surface area contributed by atoms with Gasteiger partial charge in [-0.1, -0.05) is 16.4 Å². The van der Waals surface area contributed by atoms with E-state index in [0.717, 1.165) is 12.1 Å². The smallest absolute Gasteiger partial charge is 0.314 e. The molecule has 1 aliphatic heterocycles. The molecule has 9 heteroatoms. The Kier molecular flexibility index (Phi) is 2.98. The standard InChI is InChI=1S/C10H8N2O6S/c1-19-8(9(15)11-10(19)16)4-2-5(12(17)18)7(14)6(13)3-4/h2-3,8,13-14H,1H2,(H,11,15,16). The average molecular weight is 284 g/mol. The number of phenolic OH excluding ortho intramolecular Hbond substituents is 2. The minimum atomic E-state index is -1.24. The molecule has 1 aromatic carbocycles. The van der Waals surface area contributed by atoms with Crippen LogP contribution in [0.3, 0.4) is 0 Å². The first kappa shape index (κ1) is 13.0. The molecule has 2 rings (SSSR count). The summed E-state index contributed by atoms with van der Waals surface area (Å²) in [5, 5.41) is 30.0. The zero-order valence-electron chi connectivity index (χ0n) is 9.32. The van der Waals surface area contributed by atoms with Crippen LogP contribution in [0, 0.1) is 10.1 Å².